The van der Waals surface area contributed by atoms with Crippen LogP contribution >= 0.6 is 0 Å². The summed E-state index contributed by atoms with van der Waals surface area (Å²) in [5.41, 5.74) is 11.1. The van der Waals surface area contributed by atoms with Gasteiger partial charge in [-0.05, 0) is 104 Å². The van der Waals surface area contributed by atoms with Gasteiger partial charge in [0.15, 0.2) is 22.9 Å². The van der Waals surface area contributed by atoms with Gasteiger partial charge in [-0.3, -0.25) is 19.8 Å². The third-order valence-corrected chi connectivity index (χ3v) is 17.0. The number of nitrogens with zero attached hydrogens (tertiary/aromatic N) is 16. The van der Waals surface area contributed by atoms with E-state index in [0.29, 0.717) is 78.0 Å². The molecule has 0 spiro atoms. The maximum absolute atomic E-state index is 12.0. The molecule has 600 valence electrons. The third-order valence-electron chi connectivity index (χ3n) is 17.0. The van der Waals surface area contributed by atoms with Crippen molar-refractivity contribution in [3.8, 4) is 0 Å². The molecular weight excluding hydrogens is 1420 g/mol. The molecule has 1 aliphatic rings. The van der Waals surface area contributed by atoms with Crippen LogP contribution in [0.1, 0.15) is 280 Å². The number of benzene rings is 3. The van der Waals surface area contributed by atoms with E-state index in [1.165, 1.54) is 35.7 Å². The van der Waals surface area contributed by atoms with Crippen LogP contribution in [0.25, 0.3) is 38.9 Å². The van der Waals surface area contributed by atoms with Crippen molar-refractivity contribution >= 4 is 44.9 Å². The number of amides is 1. The molecule has 25 nitrogen and oxygen atoms in total. The van der Waals surface area contributed by atoms with Crippen LogP contribution < -0.4 is 5.56 Å². The minimum absolute atomic E-state index is 0.0473. The standard InChI is InChI=1S/C11H14N2O2.2C10H12N2.C10H11NO.C9H11N3.C9H12.C7H10N2.C6H10N2.C6H9NO.C5H9N3.C5H8N2O/c1-8(2)12-6-7-13-9(11(12)15)4-3-5-10(13)14;1-8(2)9-7-11-10-5-3-4-6-12(9)10;2*1-7(2)10-11-8-5-3-4-6-9(8)12-10;1-6(2)8-11-7-4-3-5-10-9(7)12-8;1-8(2)9-6-4-3-5-7-9;1-6(2)7-8-4-3-5-9-7;2*1-5(2)6-3-4-7-8-6;1-4(2)5-6-3-7-8-5;1-4(2)5-6-3-8-7-5/h3-5,8H,6-7H2,1-2H3;3-8H,1-2H3;3-7H,1-2H3,(H,11,12);3-7H,1-2H3;3-6H,1-2H3,(H,10,11,12);3-8H,1-2H3;3-6H,1-2H3;3-5H,1-2H3,(H,7,8);3-5H,1-2H3;3-4H,1-2H3,(H,6,7,8);3-4H,1-2H3. The van der Waals surface area contributed by atoms with Crippen molar-refractivity contribution in [1.82, 2.24) is 99.4 Å². The zero-order valence-corrected chi connectivity index (χ0v) is 70.0. The molecule has 13 heterocycles. The lowest BCUT2D eigenvalue weighted by atomic mass is 10.0. The van der Waals surface area contributed by atoms with Gasteiger partial charge in [-0.15, -0.1) is 0 Å². The second-order valence-corrected chi connectivity index (χ2v) is 29.9. The normalized spacial score (nSPS) is 11.4. The Labute approximate surface area is 665 Å². The molecule has 0 fully saturated rings. The van der Waals surface area contributed by atoms with Gasteiger partial charge in [0.2, 0.25) is 6.39 Å². The Bertz CT molecular complexity index is 4580. The first kappa shape index (κ1) is 90.0. The van der Waals surface area contributed by atoms with Gasteiger partial charge < -0.3 is 37.3 Å². The fraction of sp³-hybridized carbons (Fsp3) is 0.398. The van der Waals surface area contributed by atoms with Crippen LogP contribution in [0.15, 0.2) is 220 Å². The number of hydrogen-bond donors (Lipinski definition) is 4. The predicted octanol–water partition coefficient (Wildman–Crippen LogP) is 20.8. The van der Waals surface area contributed by atoms with Crippen LogP contribution in [0, 0.1) is 0 Å². The first-order chi connectivity index (χ1) is 54.0. The molecule has 3 aromatic carbocycles. The number of rotatable bonds is 11. The van der Waals surface area contributed by atoms with Crippen molar-refractivity contribution < 1.29 is 18.3 Å². The molecule has 25 heteroatoms. The number of nitrogens with one attached hydrogen (secondary N) is 4. The van der Waals surface area contributed by atoms with Crippen LogP contribution in [0.2, 0.25) is 0 Å². The zero-order chi connectivity index (χ0) is 82.5. The topological polar surface area (TPSA) is 317 Å². The van der Waals surface area contributed by atoms with Gasteiger partial charge in [0.1, 0.15) is 52.2 Å². The van der Waals surface area contributed by atoms with Crippen LogP contribution in [0.5, 0.6) is 0 Å². The van der Waals surface area contributed by atoms with E-state index in [2.05, 4.69) is 250 Å². The highest BCUT2D eigenvalue weighted by atomic mass is 16.5. The van der Waals surface area contributed by atoms with Gasteiger partial charge in [0.25, 0.3) is 11.5 Å². The summed E-state index contributed by atoms with van der Waals surface area (Å²) in [6, 6.07) is 47.1. The molecule has 1 aliphatic heterocycles. The van der Waals surface area contributed by atoms with E-state index in [1.54, 1.807) is 52.6 Å². The maximum Gasteiger partial charge on any atom is 0.270 e. The highest BCUT2D eigenvalue weighted by Crippen LogP contribution is 2.22. The van der Waals surface area contributed by atoms with E-state index < -0.39 is 0 Å². The average Bonchev–Trinajstić information content (AvgIpc) is 1.80. The lowest BCUT2D eigenvalue weighted by Gasteiger charge is -2.32. The number of H-pyrrole nitrogens is 4. The number of carbonyl (C=O) groups is 1. The summed E-state index contributed by atoms with van der Waals surface area (Å²) in [5.74, 6) is 11.2. The number of oxazole rings is 1. The Morgan fingerprint density at radius 2 is 1.08 bits per heavy atom. The highest BCUT2D eigenvalue weighted by Gasteiger charge is 2.26. The van der Waals surface area contributed by atoms with Crippen molar-refractivity contribution in [1.29, 1.82) is 0 Å². The third kappa shape index (κ3) is 29.7. The number of hydrogen-bond acceptors (Lipinski definition) is 18. The van der Waals surface area contributed by atoms with E-state index in [9.17, 15) is 9.59 Å². The Hall–Kier alpha value is -11.9. The van der Waals surface area contributed by atoms with E-state index >= 15 is 0 Å². The molecule has 0 unspecified atom stereocenters. The van der Waals surface area contributed by atoms with Gasteiger partial charge in [-0.2, -0.15) is 15.2 Å². The number of aromatic amines is 4. The number of fused-ring (bicyclic) bond motifs is 5. The predicted molar refractivity (Wildman–Crippen MR) is 451 cm³/mol. The fourth-order valence-electron chi connectivity index (χ4n) is 10.3. The average molecular weight is 1540 g/mol. The van der Waals surface area contributed by atoms with Gasteiger partial charge >= 0.3 is 0 Å². The highest BCUT2D eigenvalue weighted by molar-refractivity contribution is 5.93. The summed E-state index contributed by atoms with van der Waals surface area (Å²) < 4.78 is 18.6. The van der Waals surface area contributed by atoms with Crippen molar-refractivity contribution in [2.75, 3.05) is 6.54 Å². The van der Waals surface area contributed by atoms with Crippen molar-refractivity contribution in [2.45, 2.75) is 224 Å². The summed E-state index contributed by atoms with van der Waals surface area (Å²) in [5, 5.41) is 20.4. The molecule has 16 rings (SSSR count). The lowest BCUT2D eigenvalue weighted by molar-refractivity contribution is 0.0645. The smallest absolute Gasteiger partial charge is 0.270 e. The summed E-state index contributed by atoms with van der Waals surface area (Å²) in [4.78, 5) is 69.3. The molecule has 12 aromatic heterocycles. The van der Waals surface area contributed by atoms with Gasteiger partial charge in [0.05, 0.1) is 22.7 Å². The summed E-state index contributed by atoms with van der Waals surface area (Å²) in [6.45, 7) is 47.3. The van der Waals surface area contributed by atoms with E-state index in [1.807, 2.05) is 137 Å². The summed E-state index contributed by atoms with van der Waals surface area (Å²) >= 11 is 0. The quantitative estimate of drug-likeness (QED) is 0.0935. The molecule has 0 saturated heterocycles. The lowest BCUT2D eigenvalue weighted by Crippen LogP contribution is -2.47. The van der Waals surface area contributed by atoms with Gasteiger partial charge in [0, 0.05) is 121 Å². The van der Waals surface area contributed by atoms with E-state index in [0.717, 1.165) is 79.7 Å². The summed E-state index contributed by atoms with van der Waals surface area (Å²) in [6.07, 6.45) is 15.6. The molecule has 1 amide bonds. The van der Waals surface area contributed by atoms with E-state index in [4.69, 9.17) is 8.94 Å². The van der Waals surface area contributed by atoms with Gasteiger partial charge in [-0.25, -0.2) is 39.9 Å². The summed E-state index contributed by atoms with van der Waals surface area (Å²) in [7, 11) is 0. The van der Waals surface area contributed by atoms with Crippen LogP contribution in [-0.4, -0.2) is 118 Å². The van der Waals surface area contributed by atoms with Crippen LogP contribution in [-0.2, 0) is 6.54 Å². The second kappa shape index (κ2) is 46.7. The molecule has 4 N–H and O–H groups in total. The van der Waals surface area contributed by atoms with Crippen LogP contribution in [0.3, 0.4) is 0 Å². The molecule has 15 aromatic rings. The van der Waals surface area contributed by atoms with Crippen molar-refractivity contribution in [3.63, 3.8) is 0 Å². The fourth-order valence-corrected chi connectivity index (χ4v) is 10.3. The monoisotopic (exact) mass is 1530 g/mol. The molecule has 0 atom stereocenters. The SMILES string of the molecule is CC(C)N1CCn2c(cccc2=O)C1=O.CC(C)c1ccccc1.CC(C)c1ccn[nH]1.CC(C)c1ccno1.CC(C)c1cnc2ccccn12.CC(C)c1nc2ccccc2[nH]1.CC(C)c1nc2ccccc2o1.CC(C)c1nc2ncccc2[nH]1.CC(C)c1ncccn1.CC(C)c1ncn[nH]1.CC(C)c1ncon1. The minimum Gasteiger partial charge on any atom is -0.440 e. The molecule has 113 heavy (non-hydrogen) atoms. The largest absolute Gasteiger partial charge is 0.440 e. The second-order valence-electron chi connectivity index (χ2n) is 29.9. The maximum atomic E-state index is 12.0. The molecule has 0 aliphatic carbocycles. The zero-order valence-electron chi connectivity index (χ0n) is 70.0. The molecule has 0 saturated carbocycles. The number of aromatic nitrogens is 19. The number of para-hydroxylation sites is 4. The van der Waals surface area contributed by atoms with Crippen molar-refractivity contribution in [2.24, 2.45) is 0 Å². The Morgan fingerprint density at radius 3 is 1.58 bits per heavy atom. The van der Waals surface area contributed by atoms with Crippen molar-refractivity contribution in [3.05, 3.63) is 275 Å². The number of carbonyl (C=O) groups excluding carboxylic acids is 1. The molecular formula is C88H118N20O5. The van der Waals surface area contributed by atoms with E-state index in [-0.39, 0.29) is 17.5 Å². The minimum atomic E-state index is -0.0933. The number of pyridine rings is 3. The molecule has 0 bridgehead atoms. The first-order valence-corrected chi connectivity index (χ1v) is 38.9. The Balaban J connectivity index is 0.000000195. The number of imidazole rings is 3. The molecule has 0 radical (unpaired) electrons. The van der Waals surface area contributed by atoms with Gasteiger partial charge in [-0.1, -0.05) is 216 Å². The Morgan fingerprint density at radius 1 is 0.442 bits per heavy atom. The van der Waals surface area contributed by atoms with Crippen LogP contribution in [0.4, 0.5) is 0 Å². The Kier molecular flexibility index (Phi) is 37.2. The first-order valence-electron chi connectivity index (χ1n) is 38.9.